The molecule has 5 heteroatoms. The monoisotopic (exact) mass is 598 g/mol. The van der Waals surface area contributed by atoms with Crippen LogP contribution in [0.25, 0.3) is 77.9 Å². The lowest BCUT2D eigenvalue weighted by Crippen LogP contribution is -2.04. The number of allylic oxidation sites excluding steroid dienone is 5. The molecule has 1 aliphatic rings. The molecule has 0 saturated carbocycles. The zero-order valence-corrected chi connectivity index (χ0v) is 25.8. The molecule has 4 nitrogen and oxygen atoms in total. The number of thiophene rings is 1. The minimum atomic E-state index is 0.652. The fourth-order valence-corrected chi connectivity index (χ4v) is 7.32. The number of rotatable bonds is 6. The average Bonchev–Trinajstić information content (AvgIpc) is 3.72. The summed E-state index contributed by atoms with van der Waals surface area (Å²) in [6.45, 7) is 6.33. The third-order valence-electron chi connectivity index (χ3n) is 8.43. The van der Waals surface area contributed by atoms with Gasteiger partial charge in [-0.05, 0) is 66.3 Å². The second-order valence-electron chi connectivity index (χ2n) is 11.2. The van der Waals surface area contributed by atoms with Crippen LogP contribution < -0.4 is 0 Å². The van der Waals surface area contributed by atoms with E-state index in [9.17, 15) is 0 Å². The van der Waals surface area contributed by atoms with Crippen LogP contribution in [0.1, 0.15) is 36.8 Å². The lowest BCUT2D eigenvalue weighted by Gasteiger charge is -2.13. The Labute approximate surface area is 266 Å². The molecule has 0 amide bonds. The normalized spacial score (nSPS) is 13.3. The molecular formula is C40H30N4S. The maximum atomic E-state index is 5.01. The van der Waals surface area contributed by atoms with E-state index in [-0.39, 0.29) is 0 Å². The molecule has 8 rings (SSSR count). The fraction of sp³-hybridized carbons (Fsp3) is 0.0750. The zero-order chi connectivity index (χ0) is 30.3. The van der Waals surface area contributed by atoms with Crippen molar-refractivity contribution in [1.29, 1.82) is 0 Å². The number of hydrogen-bond donors (Lipinski definition) is 0. The lowest BCUT2D eigenvalue weighted by molar-refractivity contribution is 1.00. The van der Waals surface area contributed by atoms with Crippen LogP contribution in [0, 0.1) is 0 Å². The molecule has 0 atom stereocenters. The van der Waals surface area contributed by atoms with Gasteiger partial charge < -0.3 is 4.57 Å². The molecule has 1 aliphatic carbocycles. The van der Waals surface area contributed by atoms with E-state index in [0.29, 0.717) is 17.5 Å². The summed E-state index contributed by atoms with van der Waals surface area (Å²) in [5, 5.41) is 7.16. The number of fused-ring (bicyclic) bond motifs is 5. The van der Waals surface area contributed by atoms with Crippen LogP contribution in [0.4, 0.5) is 0 Å². The topological polar surface area (TPSA) is 43.6 Å². The highest BCUT2D eigenvalue weighted by Crippen LogP contribution is 2.40. The third-order valence-corrected chi connectivity index (χ3v) is 9.40. The molecule has 0 saturated heterocycles. The van der Waals surface area contributed by atoms with E-state index in [1.165, 1.54) is 26.2 Å². The predicted octanol–water partition coefficient (Wildman–Crippen LogP) is 10.9. The molecule has 0 fully saturated rings. The SMILES string of the molecule is C=Cc1c(/C=C\C)n(-c2cccc(-c3nc(C4=CCCC=C4)nc(-c4ccccc4)n3)c2)c2ccc3c(ccc4ccsc43)c12. The number of aromatic nitrogens is 4. The van der Waals surface area contributed by atoms with Crippen molar-refractivity contribution in [2.24, 2.45) is 0 Å². The maximum absolute atomic E-state index is 5.01. The molecule has 0 aliphatic heterocycles. The van der Waals surface area contributed by atoms with Gasteiger partial charge in [0.15, 0.2) is 17.5 Å². The van der Waals surface area contributed by atoms with Crippen LogP contribution in [-0.4, -0.2) is 19.5 Å². The number of hydrogen-bond acceptors (Lipinski definition) is 4. The molecule has 4 aromatic carbocycles. The third kappa shape index (κ3) is 4.64. The molecule has 0 N–H and O–H groups in total. The zero-order valence-electron chi connectivity index (χ0n) is 24.9. The summed E-state index contributed by atoms with van der Waals surface area (Å²) >= 11 is 1.79. The van der Waals surface area contributed by atoms with Crippen molar-refractivity contribution < 1.29 is 0 Å². The van der Waals surface area contributed by atoms with Crippen LogP contribution in [0.3, 0.4) is 0 Å². The van der Waals surface area contributed by atoms with Gasteiger partial charge in [-0.25, -0.2) is 15.0 Å². The van der Waals surface area contributed by atoms with Crippen molar-refractivity contribution >= 4 is 60.8 Å². The van der Waals surface area contributed by atoms with Crippen molar-refractivity contribution in [3.63, 3.8) is 0 Å². The van der Waals surface area contributed by atoms with Gasteiger partial charge in [0.25, 0.3) is 0 Å². The van der Waals surface area contributed by atoms with E-state index >= 15 is 0 Å². The molecule has 216 valence electrons. The van der Waals surface area contributed by atoms with E-state index < -0.39 is 0 Å². The molecule has 45 heavy (non-hydrogen) atoms. The largest absolute Gasteiger partial charge is 0.309 e. The van der Waals surface area contributed by atoms with Crippen molar-refractivity contribution in [3.05, 3.63) is 138 Å². The first-order chi connectivity index (χ1) is 22.2. The Balaban J connectivity index is 1.35. The lowest BCUT2D eigenvalue weighted by atomic mass is 10.0. The fourth-order valence-electron chi connectivity index (χ4n) is 6.39. The highest BCUT2D eigenvalue weighted by atomic mass is 32.1. The minimum Gasteiger partial charge on any atom is -0.309 e. The van der Waals surface area contributed by atoms with E-state index in [2.05, 4.69) is 108 Å². The van der Waals surface area contributed by atoms with Gasteiger partial charge in [0.2, 0.25) is 0 Å². The van der Waals surface area contributed by atoms with Gasteiger partial charge in [0, 0.05) is 43.4 Å². The molecule has 7 aromatic rings. The van der Waals surface area contributed by atoms with E-state index in [1.807, 2.05) is 36.4 Å². The first-order valence-corrected chi connectivity index (χ1v) is 16.1. The minimum absolute atomic E-state index is 0.652. The quantitative estimate of drug-likeness (QED) is 0.191. The van der Waals surface area contributed by atoms with Crippen molar-refractivity contribution in [2.75, 3.05) is 0 Å². The van der Waals surface area contributed by atoms with Crippen LogP contribution in [-0.2, 0) is 0 Å². The Bertz CT molecular complexity index is 2350. The summed E-state index contributed by atoms with van der Waals surface area (Å²) in [5.41, 5.74) is 7.33. The smallest absolute Gasteiger partial charge is 0.164 e. The summed E-state index contributed by atoms with van der Waals surface area (Å²) in [7, 11) is 0. The Kier molecular flexibility index (Phi) is 6.81. The molecular weight excluding hydrogens is 569 g/mol. The Morgan fingerprint density at radius 2 is 1.60 bits per heavy atom. The first kappa shape index (κ1) is 27.2. The predicted molar refractivity (Wildman–Crippen MR) is 192 cm³/mol. The van der Waals surface area contributed by atoms with Gasteiger partial charge in [0.1, 0.15) is 0 Å². The van der Waals surface area contributed by atoms with Crippen LogP contribution in [0.15, 0.2) is 121 Å². The van der Waals surface area contributed by atoms with Crippen LogP contribution in [0.2, 0.25) is 0 Å². The maximum Gasteiger partial charge on any atom is 0.164 e. The van der Waals surface area contributed by atoms with E-state index in [4.69, 9.17) is 15.0 Å². The Morgan fingerprint density at radius 3 is 2.40 bits per heavy atom. The summed E-state index contributed by atoms with van der Waals surface area (Å²) < 4.78 is 3.65. The van der Waals surface area contributed by atoms with Gasteiger partial charge in [-0.1, -0.05) is 97.6 Å². The summed E-state index contributed by atoms with van der Waals surface area (Å²) in [6.07, 6.45) is 14.8. The van der Waals surface area contributed by atoms with Crippen molar-refractivity contribution in [1.82, 2.24) is 19.5 Å². The Morgan fingerprint density at radius 1 is 0.800 bits per heavy atom. The number of benzene rings is 4. The molecule has 0 bridgehead atoms. The second-order valence-corrected chi connectivity index (χ2v) is 12.1. The molecule has 0 spiro atoms. The van der Waals surface area contributed by atoms with Crippen LogP contribution >= 0.6 is 11.3 Å². The van der Waals surface area contributed by atoms with Crippen molar-refractivity contribution in [3.8, 4) is 28.5 Å². The summed E-state index contributed by atoms with van der Waals surface area (Å²) in [5.74, 6) is 2.02. The Hall–Kier alpha value is -5.39. The first-order valence-electron chi connectivity index (χ1n) is 15.3. The van der Waals surface area contributed by atoms with E-state index in [1.54, 1.807) is 11.3 Å². The van der Waals surface area contributed by atoms with E-state index in [0.717, 1.165) is 52.0 Å². The number of nitrogens with zero attached hydrogens (tertiary/aromatic N) is 4. The molecule has 3 aromatic heterocycles. The molecule has 3 heterocycles. The summed E-state index contributed by atoms with van der Waals surface area (Å²) in [4.78, 5) is 14.9. The van der Waals surface area contributed by atoms with Crippen molar-refractivity contribution in [2.45, 2.75) is 19.8 Å². The molecule has 0 radical (unpaired) electrons. The standard InChI is InChI=1S/C40H30N4S/c1-3-12-34-31(4-2)36-32-20-19-26-23-24-45-37(26)33(32)21-22-35(36)44(34)30-18-11-17-29(25-30)40-42-38(27-13-7-5-8-14-27)41-39(43-40)28-15-9-6-10-16-28/h3-5,7-9,11-25H,2,6,10H2,1H3/b12-3-. The average molecular weight is 599 g/mol. The van der Waals surface area contributed by atoms with Gasteiger partial charge >= 0.3 is 0 Å². The van der Waals surface area contributed by atoms with Gasteiger partial charge in [-0.3, -0.25) is 0 Å². The van der Waals surface area contributed by atoms with Gasteiger partial charge in [-0.15, -0.1) is 11.3 Å². The molecule has 0 unspecified atom stereocenters. The highest BCUT2D eigenvalue weighted by Gasteiger charge is 2.20. The van der Waals surface area contributed by atoms with Crippen LogP contribution in [0.5, 0.6) is 0 Å². The summed E-state index contributed by atoms with van der Waals surface area (Å²) in [6, 6.07) is 29.8. The highest BCUT2D eigenvalue weighted by molar-refractivity contribution is 7.18. The van der Waals surface area contributed by atoms with Gasteiger partial charge in [0.05, 0.1) is 11.2 Å². The van der Waals surface area contributed by atoms with Gasteiger partial charge in [-0.2, -0.15) is 0 Å². The second kappa shape index (κ2) is 11.3.